The largest absolute Gasteiger partial charge is 0.308 e. The van der Waals surface area contributed by atoms with Crippen molar-refractivity contribution in [2.24, 2.45) is 0 Å². The standard InChI is InChI=1S/C14H19NS/c1-14(2,3)15-11-13-8-6-12(7-9-13)5-4-10-16/h6-9,15-16H,10-11H2,1-3H3. The van der Waals surface area contributed by atoms with Crippen LogP contribution < -0.4 is 5.32 Å². The molecule has 0 aliphatic heterocycles. The Morgan fingerprint density at radius 3 is 2.31 bits per heavy atom. The van der Waals surface area contributed by atoms with Gasteiger partial charge in [-0.3, -0.25) is 0 Å². The van der Waals surface area contributed by atoms with Gasteiger partial charge in [-0.1, -0.05) is 24.0 Å². The highest BCUT2D eigenvalue weighted by atomic mass is 32.1. The van der Waals surface area contributed by atoms with Crippen molar-refractivity contribution in [3.63, 3.8) is 0 Å². The highest BCUT2D eigenvalue weighted by Gasteiger charge is 2.07. The second-order valence-electron chi connectivity index (χ2n) is 4.76. The van der Waals surface area contributed by atoms with Gasteiger partial charge in [-0.05, 0) is 38.5 Å². The molecule has 1 rings (SSSR count). The van der Waals surface area contributed by atoms with Crippen LogP contribution in [0.5, 0.6) is 0 Å². The van der Waals surface area contributed by atoms with Crippen molar-refractivity contribution >= 4 is 12.6 Å². The van der Waals surface area contributed by atoms with Crippen molar-refractivity contribution in [2.75, 3.05) is 5.75 Å². The molecule has 0 saturated heterocycles. The Bertz CT molecular complexity index is 376. The third-order valence-corrected chi connectivity index (χ3v) is 2.25. The van der Waals surface area contributed by atoms with Crippen molar-refractivity contribution in [1.82, 2.24) is 5.32 Å². The van der Waals surface area contributed by atoms with Crippen LogP contribution in [0.25, 0.3) is 0 Å². The molecule has 16 heavy (non-hydrogen) atoms. The summed E-state index contributed by atoms with van der Waals surface area (Å²) in [5.41, 5.74) is 2.49. The van der Waals surface area contributed by atoms with E-state index in [4.69, 9.17) is 0 Å². The molecule has 0 atom stereocenters. The van der Waals surface area contributed by atoms with Crippen LogP contribution in [0.1, 0.15) is 31.9 Å². The molecule has 0 unspecified atom stereocenters. The average Bonchev–Trinajstić information content (AvgIpc) is 2.24. The fourth-order valence-corrected chi connectivity index (χ4v) is 1.29. The van der Waals surface area contributed by atoms with Crippen LogP contribution in [-0.2, 0) is 6.54 Å². The molecular formula is C14H19NS. The van der Waals surface area contributed by atoms with Gasteiger partial charge >= 0.3 is 0 Å². The quantitative estimate of drug-likeness (QED) is 0.591. The SMILES string of the molecule is CC(C)(C)NCc1ccc(C#CCS)cc1. The Hall–Kier alpha value is -0.910. The van der Waals surface area contributed by atoms with E-state index in [9.17, 15) is 0 Å². The van der Waals surface area contributed by atoms with E-state index in [0.717, 1.165) is 12.1 Å². The molecule has 0 aliphatic rings. The lowest BCUT2D eigenvalue weighted by atomic mass is 10.1. The zero-order chi connectivity index (χ0) is 12.0. The lowest BCUT2D eigenvalue weighted by Gasteiger charge is -2.20. The van der Waals surface area contributed by atoms with E-state index in [1.54, 1.807) is 0 Å². The molecule has 0 aliphatic carbocycles. The Morgan fingerprint density at radius 2 is 1.81 bits per heavy atom. The van der Waals surface area contributed by atoms with Crippen LogP contribution in [0.3, 0.4) is 0 Å². The van der Waals surface area contributed by atoms with Crippen LogP contribution >= 0.6 is 12.6 Å². The van der Waals surface area contributed by atoms with Crippen molar-refractivity contribution in [1.29, 1.82) is 0 Å². The molecule has 1 aromatic rings. The molecule has 0 fully saturated rings. The van der Waals surface area contributed by atoms with Crippen molar-refractivity contribution in [2.45, 2.75) is 32.9 Å². The van der Waals surface area contributed by atoms with Gasteiger partial charge in [0.2, 0.25) is 0 Å². The predicted molar refractivity (Wildman–Crippen MR) is 73.8 cm³/mol. The molecule has 86 valence electrons. The van der Waals surface area contributed by atoms with Gasteiger partial charge in [0.25, 0.3) is 0 Å². The Kier molecular flexibility index (Phi) is 4.92. The molecule has 0 bridgehead atoms. The van der Waals surface area contributed by atoms with E-state index in [1.807, 2.05) is 0 Å². The Morgan fingerprint density at radius 1 is 1.19 bits per heavy atom. The minimum Gasteiger partial charge on any atom is -0.308 e. The molecule has 2 heteroatoms. The third kappa shape index (κ3) is 5.25. The molecule has 0 aromatic heterocycles. The number of benzene rings is 1. The van der Waals surface area contributed by atoms with Crippen LogP contribution in [0, 0.1) is 11.8 Å². The van der Waals surface area contributed by atoms with Crippen LogP contribution in [0.15, 0.2) is 24.3 Å². The normalized spacial score (nSPS) is 10.8. The lowest BCUT2D eigenvalue weighted by molar-refractivity contribution is 0.424. The van der Waals surface area contributed by atoms with Gasteiger partial charge in [-0.15, -0.1) is 0 Å². The number of hydrogen-bond acceptors (Lipinski definition) is 2. The number of thiol groups is 1. The third-order valence-electron chi connectivity index (χ3n) is 2.09. The second kappa shape index (κ2) is 5.98. The zero-order valence-electron chi connectivity index (χ0n) is 10.2. The fourth-order valence-electron chi connectivity index (χ4n) is 1.21. The molecule has 0 amide bonds. The van der Waals surface area contributed by atoms with Gasteiger partial charge in [0.1, 0.15) is 0 Å². The number of rotatable bonds is 2. The fraction of sp³-hybridized carbons (Fsp3) is 0.429. The summed E-state index contributed by atoms with van der Waals surface area (Å²) in [6.45, 7) is 7.39. The number of nitrogens with one attached hydrogen (secondary N) is 1. The van der Waals surface area contributed by atoms with Crippen molar-refractivity contribution < 1.29 is 0 Å². The van der Waals surface area contributed by atoms with Crippen molar-refractivity contribution in [3.8, 4) is 11.8 Å². The monoisotopic (exact) mass is 233 g/mol. The molecule has 1 N–H and O–H groups in total. The first-order chi connectivity index (χ1) is 7.51. The summed E-state index contributed by atoms with van der Waals surface area (Å²) in [5, 5.41) is 3.45. The first kappa shape index (κ1) is 13.2. The smallest absolute Gasteiger partial charge is 0.0521 e. The summed E-state index contributed by atoms with van der Waals surface area (Å²) in [6, 6.07) is 8.33. The summed E-state index contributed by atoms with van der Waals surface area (Å²) >= 11 is 4.05. The van der Waals surface area contributed by atoms with Gasteiger partial charge in [-0.25, -0.2) is 0 Å². The first-order valence-corrected chi connectivity index (χ1v) is 6.08. The maximum atomic E-state index is 4.05. The Labute approximate surface area is 104 Å². The molecule has 1 nitrogen and oxygen atoms in total. The molecule has 1 aromatic carbocycles. The maximum Gasteiger partial charge on any atom is 0.0521 e. The van der Waals surface area contributed by atoms with E-state index in [2.05, 4.69) is 74.8 Å². The molecular weight excluding hydrogens is 214 g/mol. The maximum absolute atomic E-state index is 4.05. The van der Waals surface area contributed by atoms with E-state index in [-0.39, 0.29) is 5.54 Å². The molecule has 0 heterocycles. The molecule has 0 saturated carbocycles. The zero-order valence-corrected chi connectivity index (χ0v) is 11.1. The van der Waals surface area contributed by atoms with E-state index in [0.29, 0.717) is 5.75 Å². The van der Waals surface area contributed by atoms with Gasteiger partial charge in [0.15, 0.2) is 0 Å². The van der Waals surface area contributed by atoms with E-state index < -0.39 is 0 Å². The molecule has 0 spiro atoms. The Balaban J connectivity index is 2.58. The van der Waals surface area contributed by atoms with Gasteiger partial charge in [-0.2, -0.15) is 12.6 Å². The second-order valence-corrected chi connectivity index (χ2v) is 5.08. The number of hydrogen-bond donors (Lipinski definition) is 2. The average molecular weight is 233 g/mol. The summed E-state index contributed by atoms with van der Waals surface area (Å²) in [4.78, 5) is 0. The lowest BCUT2D eigenvalue weighted by Crippen LogP contribution is -2.35. The van der Waals surface area contributed by atoms with E-state index in [1.165, 1.54) is 5.56 Å². The van der Waals surface area contributed by atoms with E-state index >= 15 is 0 Å². The summed E-state index contributed by atoms with van der Waals surface area (Å²) in [7, 11) is 0. The predicted octanol–water partition coefficient (Wildman–Crippen LogP) is 2.86. The first-order valence-electron chi connectivity index (χ1n) is 5.45. The van der Waals surface area contributed by atoms with Crippen LogP contribution in [-0.4, -0.2) is 11.3 Å². The summed E-state index contributed by atoms with van der Waals surface area (Å²) in [5.74, 6) is 6.59. The van der Waals surface area contributed by atoms with Gasteiger partial charge in [0.05, 0.1) is 5.75 Å². The summed E-state index contributed by atoms with van der Waals surface area (Å²) in [6.07, 6.45) is 0. The minimum absolute atomic E-state index is 0.157. The molecule has 0 radical (unpaired) electrons. The van der Waals surface area contributed by atoms with Crippen LogP contribution in [0.2, 0.25) is 0 Å². The van der Waals surface area contributed by atoms with Crippen molar-refractivity contribution in [3.05, 3.63) is 35.4 Å². The topological polar surface area (TPSA) is 12.0 Å². The van der Waals surface area contributed by atoms with Gasteiger partial charge < -0.3 is 5.32 Å². The van der Waals surface area contributed by atoms with Crippen LogP contribution in [0.4, 0.5) is 0 Å². The summed E-state index contributed by atoms with van der Waals surface area (Å²) < 4.78 is 0. The highest BCUT2D eigenvalue weighted by Crippen LogP contribution is 2.06. The minimum atomic E-state index is 0.157. The highest BCUT2D eigenvalue weighted by molar-refractivity contribution is 7.80. The van der Waals surface area contributed by atoms with Gasteiger partial charge in [0, 0.05) is 17.6 Å².